The lowest BCUT2D eigenvalue weighted by Crippen LogP contribution is -2.58. The van der Waals surface area contributed by atoms with Gasteiger partial charge in [0.1, 0.15) is 0 Å². The van der Waals surface area contributed by atoms with Crippen molar-refractivity contribution in [3.8, 4) is 11.1 Å². The third-order valence-electron chi connectivity index (χ3n) is 5.49. The zero-order chi connectivity index (χ0) is 20.9. The van der Waals surface area contributed by atoms with Crippen LogP contribution in [-0.4, -0.2) is 42.4 Å². The molecular formula is C25H25N3O2. The number of carbonyl (C=O) groups excluding carboxylic acids is 2. The maximum absolute atomic E-state index is 13.0. The number of amides is 2. The number of rotatable bonds is 6. The number of piperazine rings is 1. The molecule has 1 heterocycles. The third-order valence-corrected chi connectivity index (χ3v) is 5.49. The highest BCUT2D eigenvalue weighted by Crippen LogP contribution is 2.27. The van der Waals surface area contributed by atoms with Crippen LogP contribution in [0.3, 0.4) is 0 Å². The monoisotopic (exact) mass is 399 g/mol. The summed E-state index contributed by atoms with van der Waals surface area (Å²) in [5, 5.41) is 0. The lowest BCUT2D eigenvalue weighted by molar-refractivity contribution is -0.125. The molecule has 0 bridgehead atoms. The van der Waals surface area contributed by atoms with E-state index in [4.69, 9.17) is 5.73 Å². The summed E-state index contributed by atoms with van der Waals surface area (Å²) in [5.41, 5.74) is 9.67. The largest absolute Gasteiger partial charge is 0.369 e. The van der Waals surface area contributed by atoms with Crippen molar-refractivity contribution in [3.05, 3.63) is 90.5 Å². The molecule has 2 N–H and O–H groups in total. The van der Waals surface area contributed by atoms with Crippen molar-refractivity contribution in [2.24, 2.45) is 5.73 Å². The van der Waals surface area contributed by atoms with Gasteiger partial charge in [-0.3, -0.25) is 14.5 Å². The van der Waals surface area contributed by atoms with Crippen LogP contribution < -0.4 is 10.6 Å². The van der Waals surface area contributed by atoms with Gasteiger partial charge in [-0.2, -0.15) is 0 Å². The topological polar surface area (TPSA) is 66.6 Å². The minimum Gasteiger partial charge on any atom is -0.369 e. The summed E-state index contributed by atoms with van der Waals surface area (Å²) in [5.74, 6) is -0.439. The van der Waals surface area contributed by atoms with E-state index in [2.05, 4.69) is 30.3 Å². The van der Waals surface area contributed by atoms with Crippen LogP contribution in [0.25, 0.3) is 11.1 Å². The van der Waals surface area contributed by atoms with Crippen molar-refractivity contribution in [3.63, 3.8) is 0 Å². The Morgan fingerprint density at radius 3 is 2.27 bits per heavy atom. The van der Waals surface area contributed by atoms with Crippen LogP contribution in [0.15, 0.2) is 84.9 Å². The molecule has 0 spiro atoms. The fraction of sp³-hybridized carbons (Fsp3) is 0.200. The third kappa shape index (κ3) is 4.58. The summed E-state index contributed by atoms with van der Waals surface area (Å²) in [4.78, 5) is 28.3. The number of nitrogens with zero attached hydrogens (tertiary/aromatic N) is 2. The van der Waals surface area contributed by atoms with E-state index in [1.54, 1.807) is 0 Å². The molecule has 30 heavy (non-hydrogen) atoms. The van der Waals surface area contributed by atoms with Crippen molar-refractivity contribution >= 4 is 17.5 Å². The summed E-state index contributed by atoms with van der Waals surface area (Å²) in [6, 6.07) is 28.3. The van der Waals surface area contributed by atoms with E-state index in [0.29, 0.717) is 6.54 Å². The molecule has 3 aromatic rings. The highest BCUT2D eigenvalue weighted by Gasteiger charge is 2.33. The molecule has 1 saturated heterocycles. The summed E-state index contributed by atoms with van der Waals surface area (Å²) in [6.07, 6.45) is 0.746. The Balaban J connectivity index is 1.61. The molecule has 3 aromatic carbocycles. The second-order valence-corrected chi connectivity index (χ2v) is 7.64. The molecule has 4 rings (SSSR count). The van der Waals surface area contributed by atoms with Crippen LogP contribution in [0, 0.1) is 0 Å². The van der Waals surface area contributed by atoms with Gasteiger partial charge in [0.25, 0.3) is 0 Å². The van der Waals surface area contributed by atoms with Gasteiger partial charge in [-0.15, -0.1) is 0 Å². The van der Waals surface area contributed by atoms with Gasteiger partial charge < -0.3 is 10.6 Å². The van der Waals surface area contributed by atoms with Crippen molar-refractivity contribution in [1.82, 2.24) is 4.90 Å². The molecular weight excluding hydrogens is 374 g/mol. The predicted octanol–water partition coefficient (Wildman–Crippen LogP) is 3.10. The summed E-state index contributed by atoms with van der Waals surface area (Å²) >= 11 is 0. The van der Waals surface area contributed by atoms with Crippen LogP contribution in [-0.2, 0) is 16.0 Å². The Labute approximate surface area is 176 Å². The van der Waals surface area contributed by atoms with E-state index in [9.17, 15) is 9.59 Å². The van der Waals surface area contributed by atoms with Gasteiger partial charge in [0, 0.05) is 18.3 Å². The molecule has 0 radical (unpaired) electrons. The molecule has 0 aromatic heterocycles. The van der Waals surface area contributed by atoms with Crippen LogP contribution in [0.2, 0.25) is 0 Å². The number of hydrogen-bond donors (Lipinski definition) is 1. The predicted molar refractivity (Wildman–Crippen MR) is 119 cm³/mol. The van der Waals surface area contributed by atoms with E-state index >= 15 is 0 Å². The first-order chi connectivity index (χ1) is 14.6. The van der Waals surface area contributed by atoms with Crippen molar-refractivity contribution in [2.75, 3.05) is 24.5 Å². The van der Waals surface area contributed by atoms with Gasteiger partial charge >= 0.3 is 0 Å². The van der Waals surface area contributed by atoms with Gasteiger partial charge in [0.05, 0.1) is 13.1 Å². The maximum Gasteiger partial charge on any atom is 0.241 e. The quantitative estimate of drug-likeness (QED) is 0.693. The average Bonchev–Trinajstić information content (AvgIpc) is 2.76. The van der Waals surface area contributed by atoms with Crippen molar-refractivity contribution in [1.29, 1.82) is 0 Å². The fourth-order valence-corrected chi connectivity index (χ4v) is 4.01. The fourth-order valence-electron chi connectivity index (χ4n) is 4.01. The zero-order valence-electron chi connectivity index (χ0n) is 16.8. The summed E-state index contributed by atoms with van der Waals surface area (Å²) < 4.78 is 0. The number of anilines is 1. The second kappa shape index (κ2) is 8.93. The van der Waals surface area contributed by atoms with E-state index in [0.717, 1.165) is 23.2 Å². The lowest BCUT2D eigenvalue weighted by atomic mass is 10.00. The van der Waals surface area contributed by atoms with Crippen LogP contribution in [0.4, 0.5) is 5.69 Å². The van der Waals surface area contributed by atoms with Gasteiger partial charge in [0.15, 0.2) is 0 Å². The number of benzene rings is 3. The molecule has 2 amide bonds. The Hall–Kier alpha value is -3.44. The Bertz CT molecular complexity index is 1020. The van der Waals surface area contributed by atoms with Gasteiger partial charge in [-0.25, -0.2) is 0 Å². The van der Waals surface area contributed by atoms with Gasteiger partial charge in [0.2, 0.25) is 11.8 Å². The lowest BCUT2D eigenvalue weighted by Gasteiger charge is -2.40. The Morgan fingerprint density at radius 2 is 1.57 bits per heavy atom. The van der Waals surface area contributed by atoms with E-state index in [-0.39, 0.29) is 25.0 Å². The highest BCUT2D eigenvalue weighted by molar-refractivity contribution is 5.96. The maximum atomic E-state index is 13.0. The molecule has 152 valence electrons. The molecule has 1 aliphatic rings. The standard InChI is InChI=1S/C25H25N3O2/c26-24(29)17-27-18-25(30)28(16-23(27)14-19-8-3-1-4-9-19)22-13-7-12-21(15-22)20-10-5-2-6-11-20/h1-13,15,23H,14,16-18H2,(H2,26,29)/t23-/m0/s1. The van der Waals surface area contributed by atoms with E-state index in [1.807, 2.05) is 64.4 Å². The number of carbonyl (C=O) groups is 2. The average molecular weight is 399 g/mol. The first-order valence-corrected chi connectivity index (χ1v) is 10.1. The van der Waals surface area contributed by atoms with Crippen LogP contribution in [0.5, 0.6) is 0 Å². The van der Waals surface area contributed by atoms with E-state index in [1.165, 1.54) is 5.56 Å². The smallest absolute Gasteiger partial charge is 0.241 e. The van der Waals surface area contributed by atoms with Crippen LogP contribution >= 0.6 is 0 Å². The Morgan fingerprint density at radius 1 is 0.900 bits per heavy atom. The first kappa shape index (κ1) is 19.9. The molecule has 5 heteroatoms. The molecule has 5 nitrogen and oxygen atoms in total. The number of hydrogen-bond acceptors (Lipinski definition) is 3. The minimum absolute atomic E-state index is 0.0120. The second-order valence-electron chi connectivity index (χ2n) is 7.64. The number of nitrogens with two attached hydrogens (primary N) is 1. The molecule has 0 unspecified atom stereocenters. The van der Waals surface area contributed by atoms with Crippen molar-refractivity contribution in [2.45, 2.75) is 12.5 Å². The zero-order valence-corrected chi connectivity index (χ0v) is 16.8. The van der Waals surface area contributed by atoms with Gasteiger partial charge in [-0.05, 0) is 35.2 Å². The first-order valence-electron chi connectivity index (χ1n) is 10.1. The summed E-state index contributed by atoms with van der Waals surface area (Å²) in [6.45, 7) is 0.774. The molecule has 0 aliphatic carbocycles. The molecule has 1 aliphatic heterocycles. The van der Waals surface area contributed by atoms with Crippen molar-refractivity contribution < 1.29 is 9.59 Å². The van der Waals surface area contributed by atoms with E-state index < -0.39 is 5.91 Å². The molecule has 0 saturated carbocycles. The molecule has 1 atom stereocenters. The highest BCUT2D eigenvalue weighted by atomic mass is 16.2. The van der Waals surface area contributed by atoms with Crippen LogP contribution in [0.1, 0.15) is 5.56 Å². The summed E-state index contributed by atoms with van der Waals surface area (Å²) in [7, 11) is 0. The SMILES string of the molecule is NC(=O)CN1CC(=O)N(c2cccc(-c3ccccc3)c2)C[C@@H]1Cc1ccccc1. The molecule has 1 fully saturated rings. The van der Waals surface area contributed by atoms with Gasteiger partial charge in [-0.1, -0.05) is 72.8 Å². The normalized spacial score (nSPS) is 17.1. The Kier molecular flexibility index (Phi) is 5.91. The number of primary amides is 1. The minimum atomic E-state index is -0.416.